The Morgan fingerprint density at radius 3 is 2.55 bits per heavy atom. The van der Waals surface area contributed by atoms with Crippen molar-refractivity contribution in [1.82, 2.24) is 15.1 Å². The number of fused-ring (bicyclic) bond motifs is 1. The fourth-order valence-corrected chi connectivity index (χ4v) is 2.75. The van der Waals surface area contributed by atoms with Crippen LogP contribution in [0.3, 0.4) is 0 Å². The van der Waals surface area contributed by atoms with Crippen molar-refractivity contribution in [3.63, 3.8) is 0 Å². The summed E-state index contributed by atoms with van der Waals surface area (Å²) in [5.74, 6) is -3.81. The molecule has 1 N–H and O–H groups in total. The molecule has 1 unspecified atom stereocenters. The number of rotatable bonds is 1. The zero-order valence-electron chi connectivity index (χ0n) is 11.2. The Hall–Kier alpha value is -1.82. The molecule has 6 heteroatoms. The molecule has 0 bridgehead atoms. The molecular formula is C14H14F3N3. The molecule has 0 radical (unpaired) electrons. The summed E-state index contributed by atoms with van der Waals surface area (Å²) >= 11 is 0. The van der Waals surface area contributed by atoms with E-state index in [9.17, 15) is 13.2 Å². The minimum absolute atomic E-state index is 0.0915. The highest BCUT2D eigenvalue weighted by Crippen LogP contribution is 2.32. The monoisotopic (exact) mass is 281 g/mol. The first-order valence-corrected chi connectivity index (χ1v) is 6.43. The maximum absolute atomic E-state index is 13.4. The molecule has 2 aromatic rings. The van der Waals surface area contributed by atoms with E-state index < -0.39 is 17.5 Å². The van der Waals surface area contributed by atoms with E-state index >= 15 is 0 Å². The summed E-state index contributed by atoms with van der Waals surface area (Å²) in [6, 6.07) is 2.12. The fourth-order valence-electron chi connectivity index (χ4n) is 2.75. The van der Waals surface area contributed by atoms with Crippen LogP contribution in [-0.2, 0) is 13.5 Å². The molecule has 0 amide bonds. The van der Waals surface area contributed by atoms with E-state index in [0.29, 0.717) is 11.3 Å². The second-order valence-corrected chi connectivity index (χ2v) is 5.02. The molecule has 1 atom stereocenters. The fraction of sp³-hybridized carbons (Fsp3) is 0.357. The van der Waals surface area contributed by atoms with Crippen molar-refractivity contribution in [2.45, 2.75) is 19.4 Å². The second kappa shape index (κ2) is 4.63. The molecule has 20 heavy (non-hydrogen) atoms. The lowest BCUT2D eigenvalue weighted by Crippen LogP contribution is -2.27. The normalized spacial score (nSPS) is 18.1. The van der Waals surface area contributed by atoms with Gasteiger partial charge >= 0.3 is 0 Å². The van der Waals surface area contributed by atoms with Gasteiger partial charge in [0.05, 0.1) is 11.4 Å². The molecule has 1 aromatic heterocycles. The van der Waals surface area contributed by atoms with Crippen LogP contribution in [0.1, 0.15) is 24.2 Å². The van der Waals surface area contributed by atoms with Crippen molar-refractivity contribution >= 4 is 0 Å². The average Bonchev–Trinajstić information content (AvgIpc) is 2.73. The number of aryl methyl sites for hydroxylation is 1. The molecule has 106 valence electrons. The maximum atomic E-state index is 13.4. The highest BCUT2D eigenvalue weighted by Gasteiger charge is 2.25. The van der Waals surface area contributed by atoms with E-state index in [1.54, 1.807) is 11.7 Å². The van der Waals surface area contributed by atoms with Crippen LogP contribution in [0.25, 0.3) is 11.3 Å². The van der Waals surface area contributed by atoms with Gasteiger partial charge in [-0.15, -0.1) is 0 Å². The van der Waals surface area contributed by atoms with Crippen LogP contribution in [0, 0.1) is 17.5 Å². The third kappa shape index (κ3) is 1.91. The molecule has 1 aliphatic heterocycles. The number of hydrogen-bond donors (Lipinski definition) is 1. The van der Waals surface area contributed by atoms with E-state index in [-0.39, 0.29) is 6.04 Å². The Morgan fingerprint density at radius 2 is 1.90 bits per heavy atom. The van der Waals surface area contributed by atoms with Crippen LogP contribution in [0.15, 0.2) is 12.1 Å². The number of hydrogen-bond acceptors (Lipinski definition) is 2. The molecular weight excluding hydrogens is 267 g/mol. The van der Waals surface area contributed by atoms with Crippen molar-refractivity contribution in [3.05, 3.63) is 40.8 Å². The van der Waals surface area contributed by atoms with E-state index in [1.807, 2.05) is 6.92 Å². The third-order valence-corrected chi connectivity index (χ3v) is 3.67. The summed E-state index contributed by atoms with van der Waals surface area (Å²) < 4.78 is 41.5. The molecule has 0 saturated heterocycles. The number of aromatic nitrogens is 2. The lowest BCUT2D eigenvalue weighted by atomic mass is 9.97. The Morgan fingerprint density at radius 1 is 1.25 bits per heavy atom. The molecule has 0 saturated carbocycles. The van der Waals surface area contributed by atoms with Crippen molar-refractivity contribution in [2.24, 2.45) is 7.05 Å². The molecule has 1 aliphatic rings. The van der Waals surface area contributed by atoms with Gasteiger partial charge in [-0.05, 0) is 32.0 Å². The van der Waals surface area contributed by atoms with Gasteiger partial charge in [0.2, 0.25) is 0 Å². The lowest BCUT2D eigenvalue weighted by Gasteiger charge is -2.19. The number of nitrogens with one attached hydrogen (secondary N) is 1. The van der Waals surface area contributed by atoms with Crippen LogP contribution in [0.4, 0.5) is 13.2 Å². The van der Waals surface area contributed by atoms with Crippen LogP contribution < -0.4 is 5.32 Å². The largest absolute Gasteiger partial charge is 0.308 e. The quantitative estimate of drug-likeness (QED) is 0.815. The first-order chi connectivity index (χ1) is 9.49. The Balaban J connectivity index is 2.20. The van der Waals surface area contributed by atoms with Gasteiger partial charge in [-0.2, -0.15) is 5.10 Å². The molecule has 1 aromatic carbocycles. The summed E-state index contributed by atoms with van der Waals surface area (Å²) in [6.45, 7) is 2.76. The Labute approximate surface area is 114 Å². The minimum Gasteiger partial charge on any atom is -0.308 e. The maximum Gasteiger partial charge on any atom is 0.194 e. The van der Waals surface area contributed by atoms with Crippen molar-refractivity contribution in [3.8, 4) is 11.3 Å². The van der Waals surface area contributed by atoms with Gasteiger partial charge < -0.3 is 5.32 Å². The average molecular weight is 281 g/mol. The topological polar surface area (TPSA) is 29.9 Å². The summed E-state index contributed by atoms with van der Waals surface area (Å²) in [5.41, 5.74) is 2.79. The van der Waals surface area contributed by atoms with Gasteiger partial charge in [0, 0.05) is 24.2 Å². The summed E-state index contributed by atoms with van der Waals surface area (Å²) in [5, 5.41) is 7.68. The number of halogens is 3. The molecule has 3 nitrogen and oxygen atoms in total. The first kappa shape index (κ1) is 13.2. The van der Waals surface area contributed by atoms with E-state index in [1.165, 1.54) is 0 Å². The van der Waals surface area contributed by atoms with Gasteiger partial charge in [0.15, 0.2) is 17.5 Å². The summed E-state index contributed by atoms with van der Waals surface area (Å²) in [6.07, 6.45) is 0.726. The van der Waals surface area contributed by atoms with Gasteiger partial charge in [0.25, 0.3) is 0 Å². The van der Waals surface area contributed by atoms with E-state index in [0.717, 1.165) is 36.4 Å². The minimum atomic E-state index is -1.44. The lowest BCUT2D eigenvalue weighted by molar-refractivity contribution is 0.447. The highest BCUT2D eigenvalue weighted by atomic mass is 19.2. The smallest absolute Gasteiger partial charge is 0.194 e. The van der Waals surface area contributed by atoms with E-state index in [4.69, 9.17) is 0 Å². The van der Waals surface area contributed by atoms with Crippen LogP contribution >= 0.6 is 0 Å². The zero-order chi connectivity index (χ0) is 14.4. The second-order valence-electron chi connectivity index (χ2n) is 5.02. The van der Waals surface area contributed by atoms with Crippen LogP contribution in [0.2, 0.25) is 0 Å². The molecule has 3 rings (SSSR count). The summed E-state index contributed by atoms with van der Waals surface area (Å²) in [4.78, 5) is 0. The Kier molecular flexibility index (Phi) is 3.05. The predicted molar refractivity (Wildman–Crippen MR) is 68.6 cm³/mol. The molecule has 2 heterocycles. The zero-order valence-corrected chi connectivity index (χ0v) is 11.2. The van der Waals surface area contributed by atoms with Crippen molar-refractivity contribution in [2.75, 3.05) is 6.54 Å². The molecule has 0 spiro atoms. The van der Waals surface area contributed by atoms with Gasteiger partial charge in [-0.3, -0.25) is 4.68 Å². The predicted octanol–water partition coefficient (Wildman–Crippen LogP) is 2.71. The molecule has 0 fully saturated rings. The third-order valence-electron chi connectivity index (χ3n) is 3.67. The summed E-state index contributed by atoms with van der Waals surface area (Å²) in [7, 11) is 1.72. The van der Waals surface area contributed by atoms with Crippen LogP contribution in [0.5, 0.6) is 0 Å². The van der Waals surface area contributed by atoms with Crippen molar-refractivity contribution in [1.29, 1.82) is 0 Å². The van der Waals surface area contributed by atoms with Crippen LogP contribution in [-0.4, -0.2) is 16.3 Å². The van der Waals surface area contributed by atoms with Gasteiger partial charge in [0.1, 0.15) is 0 Å². The van der Waals surface area contributed by atoms with Gasteiger partial charge in [-0.25, -0.2) is 13.2 Å². The highest BCUT2D eigenvalue weighted by molar-refractivity contribution is 5.65. The SMILES string of the molecule is CC1NCCc2c1nn(C)c2-c1cc(F)c(F)c(F)c1. The van der Waals surface area contributed by atoms with Crippen molar-refractivity contribution < 1.29 is 13.2 Å². The number of benzene rings is 1. The first-order valence-electron chi connectivity index (χ1n) is 6.43. The standard InChI is InChI=1S/C14H14F3N3/c1-7-13-9(3-4-18-7)14(20(2)19-13)8-5-10(15)12(17)11(16)6-8/h5-7,18H,3-4H2,1-2H3. The van der Waals surface area contributed by atoms with E-state index in [2.05, 4.69) is 10.4 Å². The number of nitrogens with zero attached hydrogens (tertiary/aromatic N) is 2. The Bertz CT molecular complexity index is 656. The molecule has 0 aliphatic carbocycles. The van der Waals surface area contributed by atoms with Gasteiger partial charge in [-0.1, -0.05) is 0 Å².